The lowest BCUT2D eigenvalue weighted by Crippen LogP contribution is -2.45. The molecule has 0 aliphatic carbocycles. The minimum atomic E-state index is -0.854. The lowest BCUT2D eigenvalue weighted by Gasteiger charge is -2.22. The van der Waals surface area contributed by atoms with Crippen LogP contribution in [0, 0.1) is 0 Å². The molecule has 32 heavy (non-hydrogen) atoms. The summed E-state index contributed by atoms with van der Waals surface area (Å²) < 4.78 is 11.2. The summed E-state index contributed by atoms with van der Waals surface area (Å²) in [7, 11) is 0. The second kappa shape index (κ2) is 10.1. The van der Waals surface area contributed by atoms with E-state index >= 15 is 0 Å². The van der Waals surface area contributed by atoms with Crippen LogP contribution in [0.5, 0.6) is 11.5 Å². The van der Waals surface area contributed by atoms with Crippen LogP contribution in [0.3, 0.4) is 0 Å². The number of hydroxylamine groups is 1. The third-order valence-corrected chi connectivity index (χ3v) is 4.84. The van der Waals surface area contributed by atoms with E-state index in [1.165, 1.54) is 5.06 Å². The van der Waals surface area contributed by atoms with Gasteiger partial charge >= 0.3 is 6.09 Å². The number of halogens is 1. The Bertz CT molecular complexity index is 1090. The van der Waals surface area contributed by atoms with Gasteiger partial charge in [-0.25, -0.2) is 10.2 Å². The summed E-state index contributed by atoms with van der Waals surface area (Å²) >= 11 is 6.13. The number of carbonyl (C=O) groups is 2. The summed E-state index contributed by atoms with van der Waals surface area (Å²) in [5.74, 6) is 1.54. The molecule has 10 heteroatoms. The predicted molar refractivity (Wildman–Crippen MR) is 117 cm³/mol. The highest BCUT2D eigenvalue weighted by Crippen LogP contribution is 2.40. The number of hydrazine groups is 1. The van der Waals surface area contributed by atoms with Crippen molar-refractivity contribution in [2.45, 2.75) is 19.5 Å². The first-order valence-electron chi connectivity index (χ1n) is 9.91. The Balaban J connectivity index is 1.31. The first kappa shape index (κ1) is 21.5. The van der Waals surface area contributed by atoms with E-state index in [1.807, 2.05) is 30.3 Å². The number of anilines is 1. The topological polar surface area (TPSA) is 105 Å². The SMILES string of the molecule is O=C(CCNCc1ccco1)NNC(=O)ON1Cc2ccccc2Oc2ccc(Cl)cc21. The molecule has 0 fully saturated rings. The number of nitrogens with one attached hydrogen (secondary N) is 3. The molecule has 3 N–H and O–H groups in total. The van der Waals surface area contributed by atoms with Gasteiger partial charge in [0.25, 0.3) is 0 Å². The molecule has 0 atom stereocenters. The fourth-order valence-electron chi connectivity index (χ4n) is 3.08. The second-order valence-electron chi connectivity index (χ2n) is 6.92. The number of ether oxygens (including phenoxy) is 1. The highest BCUT2D eigenvalue weighted by Gasteiger charge is 2.24. The van der Waals surface area contributed by atoms with Crippen molar-refractivity contribution in [1.29, 1.82) is 0 Å². The van der Waals surface area contributed by atoms with Crippen LogP contribution in [0.2, 0.25) is 5.02 Å². The Morgan fingerprint density at radius 2 is 1.94 bits per heavy atom. The van der Waals surface area contributed by atoms with E-state index in [0.717, 1.165) is 11.3 Å². The van der Waals surface area contributed by atoms with Crippen molar-refractivity contribution in [3.05, 3.63) is 77.2 Å². The third kappa shape index (κ3) is 5.51. The predicted octanol–water partition coefficient (Wildman–Crippen LogP) is 3.90. The van der Waals surface area contributed by atoms with Gasteiger partial charge in [-0.1, -0.05) is 29.8 Å². The largest absolute Gasteiger partial charge is 0.468 e. The van der Waals surface area contributed by atoms with Crippen molar-refractivity contribution in [3.8, 4) is 11.5 Å². The Labute approximate surface area is 189 Å². The van der Waals surface area contributed by atoms with Gasteiger partial charge in [-0.3, -0.25) is 10.2 Å². The van der Waals surface area contributed by atoms with Crippen LogP contribution in [0.1, 0.15) is 17.7 Å². The maximum absolute atomic E-state index is 12.3. The maximum atomic E-state index is 12.3. The van der Waals surface area contributed by atoms with Crippen LogP contribution >= 0.6 is 11.6 Å². The fraction of sp³-hybridized carbons (Fsp3) is 0.182. The number of furan rings is 1. The zero-order valence-corrected chi connectivity index (χ0v) is 17.7. The standard InChI is InChI=1S/C22H21ClN4O5/c23-16-7-8-20-18(12-16)27(14-15-4-1-2-6-19(15)31-20)32-22(29)26-25-21(28)9-10-24-13-17-5-3-11-30-17/h1-8,11-12,24H,9-10,13-14H2,(H,25,28)(H,26,29). The van der Waals surface area contributed by atoms with Crippen molar-refractivity contribution < 1.29 is 23.6 Å². The summed E-state index contributed by atoms with van der Waals surface area (Å²) in [6, 6.07) is 16.1. The number of carbonyl (C=O) groups excluding carboxylic acids is 2. The average molecular weight is 457 g/mol. The summed E-state index contributed by atoms with van der Waals surface area (Å²) in [6.07, 6.45) is 0.887. The molecule has 0 saturated carbocycles. The first-order chi connectivity index (χ1) is 15.6. The van der Waals surface area contributed by atoms with Crippen LogP contribution in [0.25, 0.3) is 0 Å². The van der Waals surface area contributed by atoms with E-state index in [9.17, 15) is 9.59 Å². The Kier molecular flexibility index (Phi) is 6.78. The quantitative estimate of drug-likeness (QED) is 0.381. The van der Waals surface area contributed by atoms with Gasteiger partial charge < -0.3 is 19.3 Å². The molecule has 0 bridgehead atoms. The molecule has 0 saturated heterocycles. The molecule has 166 valence electrons. The van der Waals surface area contributed by atoms with Gasteiger partial charge in [0.15, 0.2) is 5.75 Å². The van der Waals surface area contributed by atoms with Crippen molar-refractivity contribution in [1.82, 2.24) is 16.2 Å². The van der Waals surface area contributed by atoms with Crippen LogP contribution in [-0.4, -0.2) is 18.5 Å². The average Bonchev–Trinajstić information content (AvgIpc) is 3.25. The smallest absolute Gasteiger partial charge is 0.450 e. The normalized spacial score (nSPS) is 12.1. The van der Waals surface area contributed by atoms with Gasteiger partial charge in [0.05, 0.1) is 19.4 Å². The molecule has 0 spiro atoms. The molecule has 2 aromatic carbocycles. The summed E-state index contributed by atoms with van der Waals surface area (Å²) in [4.78, 5) is 29.7. The molecule has 0 radical (unpaired) electrons. The Morgan fingerprint density at radius 3 is 2.78 bits per heavy atom. The van der Waals surface area contributed by atoms with Gasteiger partial charge in [-0.2, -0.15) is 5.06 Å². The number of rotatable bonds is 6. The second-order valence-corrected chi connectivity index (χ2v) is 7.35. The minimum Gasteiger partial charge on any atom is -0.468 e. The number of nitrogens with zero attached hydrogens (tertiary/aromatic N) is 1. The van der Waals surface area contributed by atoms with Crippen LogP contribution < -0.4 is 26.0 Å². The van der Waals surface area contributed by atoms with E-state index < -0.39 is 6.09 Å². The Hall–Kier alpha value is -3.69. The zero-order valence-electron chi connectivity index (χ0n) is 17.0. The van der Waals surface area contributed by atoms with E-state index in [4.69, 9.17) is 25.6 Å². The molecular weight excluding hydrogens is 436 g/mol. The van der Waals surface area contributed by atoms with Gasteiger partial charge in [-0.05, 0) is 36.4 Å². The van der Waals surface area contributed by atoms with Crippen LogP contribution in [0.15, 0.2) is 65.3 Å². The number of para-hydroxylation sites is 1. The highest BCUT2D eigenvalue weighted by molar-refractivity contribution is 6.31. The molecule has 1 aliphatic rings. The third-order valence-electron chi connectivity index (χ3n) is 4.60. The molecule has 1 aromatic heterocycles. The molecule has 0 unspecified atom stereocenters. The molecule has 4 rings (SSSR count). The van der Waals surface area contributed by atoms with Crippen molar-refractivity contribution >= 4 is 29.3 Å². The monoisotopic (exact) mass is 456 g/mol. The number of amides is 2. The van der Waals surface area contributed by atoms with E-state index in [-0.39, 0.29) is 18.9 Å². The molecule has 9 nitrogen and oxygen atoms in total. The lowest BCUT2D eigenvalue weighted by atomic mass is 10.2. The molecule has 2 amide bonds. The number of hydrogen-bond donors (Lipinski definition) is 3. The molecule has 2 heterocycles. The number of hydrogen-bond acceptors (Lipinski definition) is 7. The highest BCUT2D eigenvalue weighted by atomic mass is 35.5. The van der Waals surface area contributed by atoms with Crippen molar-refractivity contribution in [2.75, 3.05) is 11.6 Å². The number of fused-ring (bicyclic) bond motifs is 2. The number of benzene rings is 2. The molecule has 1 aliphatic heterocycles. The fourth-order valence-corrected chi connectivity index (χ4v) is 3.24. The van der Waals surface area contributed by atoms with Crippen molar-refractivity contribution in [2.24, 2.45) is 0 Å². The van der Waals surface area contributed by atoms with Gasteiger partial charge in [0.2, 0.25) is 5.91 Å². The summed E-state index contributed by atoms with van der Waals surface area (Å²) in [5.41, 5.74) is 5.88. The van der Waals surface area contributed by atoms with Crippen molar-refractivity contribution in [3.63, 3.8) is 0 Å². The summed E-state index contributed by atoms with van der Waals surface area (Å²) in [5, 5.41) is 4.89. The van der Waals surface area contributed by atoms with E-state index in [0.29, 0.717) is 35.3 Å². The van der Waals surface area contributed by atoms with E-state index in [1.54, 1.807) is 30.5 Å². The zero-order chi connectivity index (χ0) is 22.3. The van der Waals surface area contributed by atoms with Gasteiger partial charge in [-0.15, -0.1) is 0 Å². The lowest BCUT2D eigenvalue weighted by molar-refractivity contribution is -0.121. The van der Waals surface area contributed by atoms with Crippen LogP contribution in [-0.2, 0) is 22.7 Å². The van der Waals surface area contributed by atoms with E-state index in [2.05, 4.69) is 16.2 Å². The molecular formula is C22H21ClN4O5. The molecule has 3 aromatic rings. The van der Waals surface area contributed by atoms with Crippen LogP contribution in [0.4, 0.5) is 10.5 Å². The maximum Gasteiger partial charge on any atom is 0.450 e. The van der Waals surface area contributed by atoms with Gasteiger partial charge in [0, 0.05) is 23.6 Å². The first-order valence-corrected chi connectivity index (χ1v) is 10.3. The van der Waals surface area contributed by atoms with Gasteiger partial charge in [0.1, 0.15) is 17.2 Å². The Morgan fingerprint density at radius 1 is 1.06 bits per heavy atom. The minimum absolute atomic E-state index is 0.157. The summed E-state index contributed by atoms with van der Waals surface area (Å²) in [6.45, 7) is 1.16.